The molecule has 0 amide bonds. The molecule has 2 N–H and O–H groups in total. The van der Waals surface area contributed by atoms with Crippen LogP contribution in [0, 0.1) is 0 Å². The fourth-order valence-electron chi connectivity index (χ4n) is 3.47. The third-order valence-corrected chi connectivity index (χ3v) is 5.38. The molecule has 3 heteroatoms. The Morgan fingerprint density at radius 3 is 2.60 bits per heavy atom. The van der Waals surface area contributed by atoms with Gasteiger partial charge in [0.15, 0.2) is 0 Å². The summed E-state index contributed by atoms with van der Waals surface area (Å²) in [7, 11) is 1.70. The van der Waals surface area contributed by atoms with E-state index in [1.165, 1.54) is 22.3 Å². The average Bonchev–Trinajstić information content (AvgIpc) is 2.86. The van der Waals surface area contributed by atoms with Crippen molar-refractivity contribution in [3.63, 3.8) is 0 Å². The van der Waals surface area contributed by atoms with Gasteiger partial charge in [-0.15, -0.1) is 0 Å². The maximum atomic E-state index is 11.9. The van der Waals surface area contributed by atoms with Gasteiger partial charge in [-0.3, -0.25) is 4.79 Å². The number of aryl methyl sites for hydroxylation is 1. The minimum Gasteiger partial charge on any atom is -0.497 e. The molecule has 25 heavy (non-hydrogen) atoms. The van der Waals surface area contributed by atoms with Gasteiger partial charge in [0.2, 0.25) is 0 Å². The Morgan fingerprint density at radius 2 is 2.00 bits per heavy atom. The van der Waals surface area contributed by atoms with Crippen molar-refractivity contribution in [2.75, 3.05) is 7.11 Å². The van der Waals surface area contributed by atoms with Crippen molar-refractivity contribution < 1.29 is 9.53 Å². The fraction of sp³-hybridized carbons (Fsp3) is 0.500. The van der Waals surface area contributed by atoms with Crippen LogP contribution >= 0.6 is 0 Å². The van der Waals surface area contributed by atoms with Crippen molar-refractivity contribution in [2.45, 2.75) is 64.8 Å². The van der Waals surface area contributed by atoms with Crippen LogP contribution in [0.2, 0.25) is 0 Å². The third-order valence-electron chi connectivity index (χ3n) is 5.38. The second-order valence-electron chi connectivity index (χ2n) is 6.99. The van der Waals surface area contributed by atoms with E-state index in [9.17, 15) is 4.79 Å². The number of ether oxygens (including phenoxy) is 1. The van der Waals surface area contributed by atoms with E-state index in [-0.39, 0.29) is 5.78 Å². The number of nitrogens with two attached hydrogens (primary N) is 1. The van der Waals surface area contributed by atoms with Gasteiger partial charge >= 0.3 is 0 Å². The Balaban J connectivity index is 2.29. The number of benzene rings is 1. The lowest BCUT2D eigenvalue weighted by molar-refractivity contribution is -0.122. The minimum atomic E-state index is -0.723. The van der Waals surface area contributed by atoms with E-state index >= 15 is 0 Å². The van der Waals surface area contributed by atoms with Crippen molar-refractivity contribution in [2.24, 2.45) is 5.73 Å². The normalized spacial score (nSPS) is 17.2. The second-order valence-corrected chi connectivity index (χ2v) is 6.99. The Bertz CT molecular complexity index is 687. The summed E-state index contributed by atoms with van der Waals surface area (Å²) in [5.74, 6) is 0.983. The highest BCUT2D eigenvalue weighted by Gasteiger charge is 2.29. The van der Waals surface area contributed by atoms with Crippen molar-refractivity contribution in [3.8, 4) is 5.75 Å². The highest BCUT2D eigenvalue weighted by Crippen LogP contribution is 2.32. The number of methoxy groups -OCH3 is 1. The summed E-state index contributed by atoms with van der Waals surface area (Å²) in [4.78, 5) is 11.9. The molecule has 1 aromatic carbocycles. The van der Waals surface area contributed by atoms with Gasteiger partial charge in [0.1, 0.15) is 11.5 Å². The molecule has 0 saturated heterocycles. The molecule has 1 aliphatic carbocycles. The van der Waals surface area contributed by atoms with Gasteiger partial charge in [-0.1, -0.05) is 37.6 Å². The largest absolute Gasteiger partial charge is 0.497 e. The van der Waals surface area contributed by atoms with E-state index in [2.05, 4.69) is 31.2 Å². The number of carbonyl (C=O) groups is 1. The maximum Gasteiger partial charge on any atom is 0.149 e. The van der Waals surface area contributed by atoms with Crippen LogP contribution in [-0.2, 0) is 11.2 Å². The van der Waals surface area contributed by atoms with Gasteiger partial charge in [-0.05, 0) is 74.3 Å². The van der Waals surface area contributed by atoms with E-state index in [0.717, 1.165) is 31.4 Å². The van der Waals surface area contributed by atoms with Crippen LogP contribution in [0.3, 0.4) is 0 Å². The van der Waals surface area contributed by atoms with Gasteiger partial charge in [0.05, 0.1) is 12.6 Å². The molecular weight excluding hydrogens is 310 g/mol. The van der Waals surface area contributed by atoms with E-state index < -0.39 is 5.54 Å². The lowest BCUT2D eigenvalue weighted by Crippen LogP contribution is -2.46. The van der Waals surface area contributed by atoms with Crippen molar-refractivity contribution in [1.82, 2.24) is 0 Å². The monoisotopic (exact) mass is 341 g/mol. The summed E-state index contributed by atoms with van der Waals surface area (Å²) in [6, 6.07) is 6.32. The highest BCUT2D eigenvalue weighted by atomic mass is 16.5. The number of allylic oxidation sites excluding steroid dienone is 3. The summed E-state index contributed by atoms with van der Waals surface area (Å²) in [6.45, 7) is 5.77. The van der Waals surface area contributed by atoms with Crippen LogP contribution in [0.4, 0.5) is 0 Å². The first-order valence-electron chi connectivity index (χ1n) is 9.29. The van der Waals surface area contributed by atoms with Crippen LogP contribution in [0.1, 0.15) is 64.0 Å². The molecule has 1 aromatic rings. The number of rotatable bonds is 7. The first-order valence-corrected chi connectivity index (χ1v) is 9.29. The Hall–Kier alpha value is -1.87. The highest BCUT2D eigenvalue weighted by molar-refractivity contribution is 5.86. The standard InChI is InChI=1S/C22H31NO2/c1-5-18-14-20(25-4)12-13-21(18)19-9-7-8-17(10-11-19)15-22(23,6-2)16(3)24/h10-14H,5-9,15,23H2,1-4H3. The first kappa shape index (κ1) is 19.5. The van der Waals surface area contributed by atoms with Crippen LogP contribution in [-0.4, -0.2) is 18.4 Å². The van der Waals surface area contributed by atoms with Gasteiger partial charge in [-0.25, -0.2) is 0 Å². The second kappa shape index (κ2) is 8.48. The molecular formula is C22H31NO2. The molecule has 1 aliphatic rings. The van der Waals surface area contributed by atoms with E-state index in [0.29, 0.717) is 12.8 Å². The third kappa shape index (κ3) is 4.60. The lowest BCUT2D eigenvalue weighted by atomic mass is 9.84. The number of Topliss-reactive ketones (excluding diaryl/α,β-unsaturated/α-hetero) is 1. The van der Waals surface area contributed by atoms with E-state index in [1.54, 1.807) is 14.0 Å². The van der Waals surface area contributed by atoms with Crippen LogP contribution in [0.15, 0.2) is 35.9 Å². The minimum absolute atomic E-state index is 0.0766. The molecule has 0 saturated carbocycles. The van der Waals surface area contributed by atoms with Crippen molar-refractivity contribution in [1.29, 1.82) is 0 Å². The van der Waals surface area contributed by atoms with Crippen molar-refractivity contribution >= 4 is 11.4 Å². The fourth-order valence-corrected chi connectivity index (χ4v) is 3.47. The summed E-state index contributed by atoms with van der Waals surface area (Å²) in [6.07, 6.45) is 9.86. The molecule has 1 atom stereocenters. The predicted molar refractivity (Wildman–Crippen MR) is 105 cm³/mol. The Labute approximate surface area is 152 Å². The predicted octanol–water partition coefficient (Wildman–Crippen LogP) is 4.84. The number of ketones is 1. The van der Waals surface area contributed by atoms with Crippen LogP contribution in [0.25, 0.3) is 5.57 Å². The SMILES string of the molecule is CCc1cc(OC)ccc1C1=CC=C(CC(N)(CC)C(C)=O)CCC1. The topological polar surface area (TPSA) is 52.3 Å². The zero-order valence-electron chi connectivity index (χ0n) is 16.0. The summed E-state index contributed by atoms with van der Waals surface area (Å²) in [5.41, 5.74) is 10.9. The number of hydrogen-bond acceptors (Lipinski definition) is 3. The molecule has 136 valence electrons. The molecule has 2 rings (SSSR count). The molecule has 0 aromatic heterocycles. The van der Waals surface area contributed by atoms with Gasteiger partial charge in [-0.2, -0.15) is 0 Å². The van der Waals surface area contributed by atoms with Crippen molar-refractivity contribution in [3.05, 3.63) is 47.1 Å². The first-order chi connectivity index (χ1) is 11.9. The zero-order valence-corrected chi connectivity index (χ0v) is 16.0. The molecule has 0 fully saturated rings. The van der Waals surface area contributed by atoms with Gasteiger partial charge < -0.3 is 10.5 Å². The number of carbonyl (C=O) groups excluding carboxylic acids is 1. The molecule has 0 radical (unpaired) electrons. The quantitative estimate of drug-likeness (QED) is 0.772. The molecule has 0 spiro atoms. The molecule has 0 heterocycles. The van der Waals surface area contributed by atoms with Crippen LogP contribution < -0.4 is 10.5 Å². The summed E-state index contributed by atoms with van der Waals surface area (Å²) < 4.78 is 5.35. The summed E-state index contributed by atoms with van der Waals surface area (Å²) in [5, 5.41) is 0. The van der Waals surface area contributed by atoms with Gasteiger partial charge in [0, 0.05) is 0 Å². The molecule has 0 bridgehead atoms. The van der Waals surface area contributed by atoms with Crippen LogP contribution in [0.5, 0.6) is 5.75 Å². The molecule has 3 nitrogen and oxygen atoms in total. The Morgan fingerprint density at radius 1 is 1.24 bits per heavy atom. The molecule has 0 aliphatic heterocycles. The smallest absolute Gasteiger partial charge is 0.149 e. The summed E-state index contributed by atoms with van der Waals surface area (Å²) >= 11 is 0. The van der Waals surface area contributed by atoms with E-state index in [1.807, 2.05) is 13.0 Å². The average molecular weight is 341 g/mol. The zero-order chi connectivity index (χ0) is 18.4. The van der Waals surface area contributed by atoms with Gasteiger partial charge in [0.25, 0.3) is 0 Å². The molecule has 1 unspecified atom stereocenters. The Kier molecular flexibility index (Phi) is 6.60. The lowest BCUT2D eigenvalue weighted by Gasteiger charge is -2.26. The maximum absolute atomic E-state index is 11.9. The van der Waals surface area contributed by atoms with E-state index in [4.69, 9.17) is 10.5 Å². The number of hydrogen-bond donors (Lipinski definition) is 1.